The van der Waals surface area contributed by atoms with E-state index in [2.05, 4.69) is 10.5 Å². The van der Waals surface area contributed by atoms with Crippen LogP contribution in [0.15, 0.2) is 41.5 Å². The van der Waals surface area contributed by atoms with Crippen molar-refractivity contribution in [2.24, 2.45) is 5.10 Å². The molecule has 0 fully saturated rings. The molecule has 0 bridgehead atoms. The Morgan fingerprint density at radius 1 is 1.07 bits per heavy atom. The van der Waals surface area contributed by atoms with E-state index in [1.807, 2.05) is 0 Å². The number of aryl methyl sites for hydroxylation is 1. The van der Waals surface area contributed by atoms with E-state index >= 15 is 0 Å². The first-order valence-electron chi connectivity index (χ1n) is 7.36. The molecule has 2 rings (SSSR count). The number of nitrogens with zero attached hydrogens (tertiary/aromatic N) is 1. The highest BCUT2D eigenvalue weighted by molar-refractivity contribution is 7.93. The molecule has 0 aromatic heterocycles. The molecule has 0 saturated heterocycles. The number of alkyl halides is 3. The molecule has 2 N–H and O–H groups in total. The van der Waals surface area contributed by atoms with Crippen LogP contribution in [-0.4, -0.2) is 19.6 Å². The number of anilines is 2. The summed E-state index contributed by atoms with van der Waals surface area (Å²) in [5.41, 5.74) is -1.53. The van der Waals surface area contributed by atoms with E-state index in [4.69, 9.17) is 23.2 Å². The second kappa shape index (κ2) is 7.95. The van der Waals surface area contributed by atoms with Gasteiger partial charge in [0, 0.05) is 10.6 Å². The van der Waals surface area contributed by atoms with Crippen LogP contribution in [0.2, 0.25) is 10.0 Å². The van der Waals surface area contributed by atoms with E-state index < -0.39 is 15.5 Å². The van der Waals surface area contributed by atoms with Crippen molar-refractivity contribution in [2.45, 2.75) is 19.4 Å². The summed E-state index contributed by atoms with van der Waals surface area (Å²) >= 11 is 11.9. The Balaban J connectivity index is 2.39. The quantitative estimate of drug-likeness (QED) is 0.483. The first-order chi connectivity index (χ1) is 12.4. The van der Waals surface area contributed by atoms with Crippen molar-refractivity contribution in [1.29, 1.82) is 0 Å². The highest BCUT2D eigenvalue weighted by Gasteiger charge is 2.46. The Kier molecular flexibility index (Phi) is 6.28. The number of hydrazone groups is 1. The van der Waals surface area contributed by atoms with E-state index in [1.54, 1.807) is 23.8 Å². The van der Waals surface area contributed by atoms with Crippen LogP contribution in [0, 0.1) is 6.92 Å². The lowest BCUT2D eigenvalue weighted by atomic mass is 10.1. The van der Waals surface area contributed by atoms with Gasteiger partial charge in [0.15, 0.2) is 0 Å². The average molecular weight is 440 g/mol. The van der Waals surface area contributed by atoms with E-state index in [0.29, 0.717) is 21.3 Å². The lowest BCUT2D eigenvalue weighted by Gasteiger charge is -2.15. The summed E-state index contributed by atoms with van der Waals surface area (Å²) in [5.74, 6) is 0. The van der Waals surface area contributed by atoms with Gasteiger partial charge in [-0.05, 0) is 44.2 Å². The molecule has 5 nitrogen and oxygen atoms in total. The Morgan fingerprint density at radius 2 is 1.74 bits per heavy atom. The number of rotatable bonds is 5. The molecule has 146 valence electrons. The standard InChI is InChI=1S/C16H14Cl2F3N3O2S/c1-9-3-6-14(24-27(25,26)16(19,20)21)12(7-9)10(2)22-23-15-8-11(17)4-5-13(15)18/h3-8,23-24H,1-2H3/b22-10+. The number of hydrogen-bond donors (Lipinski definition) is 2. The first-order valence-corrected chi connectivity index (χ1v) is 9.60. The summed E-state index contributed by atoms with van der Waals surface area (Å²) in [6.07, 6.45) is 0. The zero-order valence-electron chi connectivity index (χ0n) is 14.0. The molecule has 0 amide bonds. The molecular weight excluding hydrogens is 426 g/mol. The van der Waals surface area contributed by atoms with E-state index in [9.17, 15) is 21.6 Å². The predicted octanol–water partition coefficient (Wildman–Crippen LogP) is 5.40. The monoisotopic (exact) mass is 439 g/mol. The molecule has 0 atom stereocenters. The highest BCUT2D eigenvalue weighted by atomic mass is 35.5. The largest absolute Gasteiger partial charge is 0.516 e. The maximum absolute atomic E-state index is 12.7. The lowest BCUT2D eigenvalue weighted by Crippen LogP contribution is -2.30. The van der Waals surface area contributed by atoms with Crippen molar-refractivity contribution in [2.75, 3.05) is 10.1 Å². The van der Waals surface area contributed by atoms with Crippen molar-refractivity contribution in [1.82, 2.24) is 0 Å². The van der Waals surface area contributed by atoms with Crippen molar-refractivity contribution in [3.8, 4) is 0 Å². The predicted molar refractivity (Wildman–Crippen MR) is 102 cm³/mol. The SMILES string of the molecule is C/C(=N\Nc1cc(Cl)ccc1Cl)c1cc(C)ccc1NS(=O)(=O)C(F)(F)F. The minimum atomic E-state index is -5.56. The van der Waals surface area contributed by atoms with Gasteiger partial charge in [-0.2, -0.15) is 26.7 Å². The fourth-order valence-electron chi connectivity index (χ4n) is 2.04. The molecule has 0 saturated carbocycles. The summed E-state index contributed by atoms with van der Waals surface area (Å²) < 4.78 is 62.4. The van der Waals surface area contributed by atoms with Gasteiger partial charge in [0.25, 0.3) is 0 Å². The second-order valence-corrected chi connectivity index (χ2v) is 8.05. The molecule has 2 aromatic carbocycles. The molecule has 0 aliphatic carbocycles. The van der Waals surface area contributed by atoms with Crippen molar-refractivity contribution >= 4 is 50.3 Å². The van der Waals surface area contributed by atoms with Crippen LogP contribution < -0.4 is 10.1 Å². The van der Waals surface area contributed by atoms with Crippen LogP contribution in [0.3, 0.4) is 0 Å². The summed E-state index contributed by atoms with van der Waals surface area (Å²) in [5, 5.41) is 4.81. The van der Waals surface area contributed by atoms with Gasteiger partial charge in [0.05, 0.1) is 22.1 Å². The lowest BCUT2D eigenvalue weighted by molar-refractivity contribution is -0.0429. The number of hydrogen-bond acceptors (Lipinski definition) is 4. The average Bonchev–Trinajstić information content (AvgIpc) is 2.55. The zero-order chi connectivity index (χ0) is 20.4. The molecule has 2 aromatic rings. The van der Waals surface area contributed by atoms with Crippen LogP contribution >= 0.6 is 23.2 Å². The van der Waals surface area contributed by atoms with E-state index in [1.165, 1.54) is 31.2 Å². The normalized spacial score (nSPS) is 12.8. The van der Waals surface area contributed by atoms with Gasteiger partial charge < -0.3 is 0 Å². The molecular formula is C16H14Cl2F3N3O2S. The van der Waals surface area contributed by atoms with Gasteiger partial charge in [-0.15, -0.1) is 0 Å². The number of sulfonamides is 1. The Morgan fingerprint density at radius 3 is 2.37 bits per heavy atom. The third kappa shape index (κ3) is 5.27. The van der Waals surface area contributed by atoms with Crippen LogP contribution in [0.25, 0.3) is 0 Å². The maximum Gasteiger partial charge on any atom is 0.516 e. The van der Waals surface area contributed by atoms with Crippen LogP contribution in [0.4, 0.5) is 24.5 Å². The van der Waals surface area contributed by atoms with Gasteiger partial charge in [0.2, 0.25) is 0 Å². The number of benzene rings is 2. The Labute approximate surface area is 164 Å². The fraction of sp³-hybridized carbons (Fsp3) is 0.188. The van der Waals surface area contributed by atoms with Crippen molar-refractivity contribution in [3.63, 3.8) is 0 Å². The summed E-state index contributed by atoms with van der Waals surface area (Å²) in [7, 11) is -5.56. The van der Waals surface area contributed by atoms with Crippen LogP contribution in [0.1, 0.15) is 18.1 Å². The van der Waals surface area contributed by atoms with E-state index in [-0.39, 0.29) is 17.0 Å². The van der Waals surface area contributed by atoms with Gasteiger partial charge >= 0.3 is 15.5 Å². The fourth-order valence-corrected chi connectivity index (χ4v) is 2.95. The van der Waals surface area contributed by atoms with Gasteiger partial charge in [0.1, 0.15) is 0 Å². The van der Waals surface area contributed by atoms with Gasteiger partial charge in [-0.25, -0.2) is 0 Å². The topological polar surface area (TPSA) is 70.6 Å². The zero-order valence-corrected chi connectivity index (χ0v) is 16.4. The molecule has 0 aliphatic heterocycles. The minimum absolute atomic E-state index is 0.175. The van der Waals surface area contributed by atoms with Crippen LogP contribution in [-0.2, 0) is 10.0 Å². The molecule has 0 unspecified atom stereocenters. The van der Waals surface area contributed by atoms with E-state index in [0.717, 1.165) is 0 Å². The first kappa shape index (κ1) is 21.3. The number of halogens is 5. The Hall–Kier alpha value is -1.97. The van der Waals surface area contributed by atoms with Crippen LogP contribution in [0.5, 0.6) is 0 Å². The highest BCUT2D eigenvalue weighted by Crippen LogP contribution is 2.29. The summed E-state index contributed by atoms with van der Waals surface area (Å²) in [6.45, 7) is 3.21. The molecule has 0 heterocycles. The Bertz CT molecular complexity index is 993. The molecule has 11 heteroatoms. The smallest absolute Gasteiger partial charge is 0.277 e. The molecule has 27 heavy (non-hydrogen) atoms. The van der Waals surface area contributed by atoms with Gasteiger partial charge in [-0.3, -0.25) is 10.1 Å². The molecule has 0 radical (unpaired) electrons. The molecule has 0 aliphatic rings. The third-order valence-corrected chi connectivity index (χ3v) is 5.05. The number of nitrogens with one attached hydrogen (secondary N) is 2. The summed E-state index contributed by atoms with van der Waals surface area (Å²) in [4.78, 5) is 0. The van der Waals surface area contributed by atoms with Gasteiger partial charge in [-0.1, -0.05) is 34.8 Å². The minimum Gasteiger partial charge on any atom is -0.277 e. The third-order valence-electron chi connectivity index (χ3n) is 3.39. The van der Waals surface area contributed by atoms with Crippen molar-refractivity contribution in [3.05, 3.63) is 57.6 Å². The maximum atomic E-state index is 12.7. The molecule has 0 spiro atoms. The summed E-state index contributed by atoms with van der Waals surface area (Å²) in [6, 6.07) is 8.87. The van der Waals surface area contributed by atoms with Crippen molar-refractivity contribution < 1.29 is 21.6 Å². The second-order valence-electron chi connectivity index (χ2n) is 5.53.